The number of benzene rings is 3. The molecule has 0 saturated heterocycles. The number of amides is 1. The van der Waals surface area contributed by atoms with E-state index in [-0.39, 0.29) is 12.5 Å². The highest BCUT2D eigenvalue weighted by Crippen LogP contribution is 2.18. The normalized spacial score (nSPS) is 11.4. The molecule has 0 heterocycles. The summed E-state index contributed by atoms with van der Waals surface area (Å²) in [5, 5.41) is 2.87. The van der Waals surface area contributed by atoms with Gasteiger partial charge in [0.05, 0.1) is 6.04 Å². The van der Waals surface area contributed by atoms with Gasteiger partial charge in [0.25, 0.3) is 0 Å². The van der Waals surface area contributed by atoms with Crippen molar-refractivity contribution in [1.82, 2.24) is 5.32 Å². The van der Waals surface area contributed by atoms with Crippen LogP contribution < -0.4 is 15.8 Å². The van der Waals surface area contributed by atoms with E-state index in [9.17, 15) is 9.59 Å². The summed E-state index contributed by atoms with van der Waals surface area (Å²) in [5.41, 5.74) is 8.90. The number of nitrogens with two attached hydrogens (primary N) is 1. The molecule has 32 heavy (non-hydrogen) atoms. The topological polar surface area (TPSA) is 90.7 Å². The Morgan fingerprint density at radius 3 is 2.31 bits per heavy atom. The number of hydrogen-bond donors (Lipinski definition) is 2. The van der Waals surface area contributed by atoms with E-state index in [4.69, 9.17) is 15.2 Å². The maximum atomic E-state index is 12.2. The molecule has 3 rings (SSSR count). The second-order valence-electron chi connectivity index (χ2n) is 7.21. The van der Waals surface area contributed by atoms with Crippen molar-refractivity contribution >= 4 is 28.0 Å². The van der Waals surface area contributed by atoms with Crippen LogP contribution in [0.1, 0.15) is 16.7 Å². The number of halogens is 1. The lowest BCUT2D eigenvalue weighted by Gasteiger charge is -2.13. The van der Waals surface area contributed by atoms with Crippen LogP contribution in [0, 0.1) is 0 Å². The van der Waals surface area contributed by atoms with Crippen molar-refractivity contribution < 1.29 is 19.1 Å². The third-order valence-electron chi connectivity index (χ3n) is 4.78. The number of nitrogens with one attached hydrogen (secondary N) is 1. The second kappa shape index (κ2) is 12.0. The lowest BCUT2D eigenvalue weighted by Crippen LogP contribution is -2.42. The Morgan fingerprint density at radius 2 is 1.59 bits per heavy atom. The maximum absolute atomic E-state index is 12.2. The fourth-order valence-electron chi connectivity index (χ4n) is 3.02. The molecule has 7 heteroatoms. The number of hydrogen-bond acceptors (Lipinski definition) is 5. The zero-order valence-corrected chi connectivity index (χ0v) is 19.1. The summed E-state index contributed by atoms with van der Waals surface area (Å²) in [6, 6.07) is 23.6. The zero-order valence-electron chi connectivity index (χ0n) is 17.5. The molecule has 0 aliphatic carbocycles. The van der Waals surface area contributed by atoms with Gasteiger partial charge in [-0.2, -0.15) is 0 Å². The van der Waals surface area contributed by atoms with E-state index < -0.39 is 12.2 Å². The van der Waals surface area contributed by atoms with Gasteiger partial charge in [-0.05, 0) is 42.2 Å². The molecule has 0 aromatic heterocycles. The number of ether oxygens (including phenoxy) is 2. The highest BCUT2D eigenvalue weighted by molar-refractivity contribution is 9.10. The van der Waals surface area contributed by atoms with Crippen molar-refractivity contribution in [2.75, 3.05) is 6.54 Å². The summed E-state index contributed by atoms with van der Waals surface area (Å²) in [7, 11) is 0. The third-order valence-corrected chi connectivity index (χ3v) is 5.55. The molecule has 166 valence electrons. The van der Waals surface area contributed by atoms with Crippen LogP contribution in [-0.2, 0) is 29.0 Å². The minimum atomic E-state index is -0.789. The Labute approximate surface area is 195 Å². The zero-order chi connectivity index (χ0) is 22.8. The Balaban J connectivity index is 1.40. The van der Waals surface area contributed by atoms with Crippen LogP contribution in [0.25, 0.3) is 0 Å². The van der Waals surface area contributed by atoms with Gasteiger partial charge in [0.2, 0.25) is 5.91 Å². The van der Waals surface area contributed by atoms with Crippen LogP contribution >= 0.6 is 15.9 Å². The van der Waals surface area contributed by atoms with Crippen molar-refractivity contribution in [2.45, 2.75) is 25.5 Å². The largest absolute Gasteiger partial charge is 0.514 e. The molecule has 0 aliphatic heterocycles. The summed E-state index contributed by atoms with van der Waals surface area (Å²) in [4.78, 5) is 24.2. The molecular weight excluding hydrogens is 472 g/mol. The molecule has 0 fully saturated rings. The Bertz CT molecular complexity index is 1030. The van der Waals surface area contributed by atoms with Crippen LogP contribution in [-0.4, -0.2) is 24.6 Å². The van der Waals surface area contributed by atoms with Crippen molar-refractivity contribution in [2.24, 2.45) is 5.73 Å². The smallest absolute Gasteiger partial charge is 0.429 e. The molecule has 0 spiro atoms. The Hall–Kier alpha value is -3.16. The predicted molar refractivity (Wildman–Crippen MR) is 126 cm³/mol. The van der Waals surface area contributed by atoms with Crippen molar-refractivity contribution in [3.63, 3.8) is 0 Å². The van der Waals surface area contributed by atoms with E-state index >= 15 is 0 Å². The van der Waals surface area contributed by atoms with Gasteiger partial charge in [0.1, 0.15) is 12.4 Å². The Kier molecular flexibility index (Phi) is 8.83. The van der Waals surface area contributed by atoms with Crippen LogP contribution in [0.15, 0.2) is 83.3 Å². The van der Waals surface area contributed by atoms with Gasteiger partial charge in [-0.25, -0.2) is 4.79 Å². The molecule has 0 radical (unpaired) electrons. The standard InChI is InChI=1S/C25H25BrN2O4/c26-22-9-5-4-8-20(22)17-31-25(30)32-21-12-10-19(11-13-21)16-23(27)24(29)28-15-14-18-6-2-1-3-7-18/h1-13,23H,14-17,27H2,(H,28,29)/t23-/m0/s1. The van der Waals surface area contributed by atoms with Crippen LogP contribution in [0.5, 0.6) is 5.75 Å². The van der Waals surface area contributed by atoms with E-state index in [1.807, 2.05) is 54.6 Å². The van der Waals surface area contributed by atoms with Gasteiger partial charge >= 0.3 is 6.16 Å². The van der Waals surface area contributed by atoms with Gasteiger partial charge in [-0.1, -0.05) is 76.6 Å². The molecule has 3 N–H and O–H groups in total. The first kappa shape index (κ1) is 23.5. The van der Waals surface area contributed by atoms with E-state index in [0.717, 1.165) is 27.6 Å². The lowest BCUT2D eigenvalue weighted by atomic mass is 10.1. The van der Waals surface area contributed by atoms with E-state index in [1.54, 1.807) is 24.3 Å². The minimum Gasteiger partial charge on any atom is -0.429 e. The highest BCUT2D eigenvalue weighted by atomic mass is 79.9. The lowest BCUT2D eigenvalue weighted by molar-refractivity contribution is -0.122. The predicted octanol–water partition coefficient (Wildman–Crippen LogP) is 4.39. The number of carbonyl (C=O) groups excluding carboxylic acids is 2. The van der Waals surface area contributed by atoms with Crippen molar-refractivity contribution in [3.05, 3.63) is 100 Å². The molecular formula is C25H25BrN2O4. The SMILES string of the molecule is N[C@@H](Cc1ccc(OC(=O)OCc2ccccc2Br)cc1)C(=O)NCCc1ccccc1. The Morgan fingerprint density at radius 1 is 0.906 bits per heavy atom. The molecule has 0 unspecified atom stereocenters. The maximum Gasteiger partial charge on any atom is 0.514 e. The average molecular weight is 497 g/mol. The van der Waals surface area contributed by atoms with Crippen molar-refractivity contribution in [3.8, 4) is 5.75 Å². The van der Waals surface area contributed by atoms with Gasteiger partial charge in [0, 0.05) is 16.6 Å². The number of rotatable bonds is 9. The average Bonchev–Trinajstić information content (AvgIpc) is 2.80. The molecule has 0 aliphatic rings. The van der Waals surface area contributed by atoms with Gasteiger partial charge in [-0.15, -0.1) is 0 Å². The summed E-state index contributed by atoms with van der Waals surface area (Å²) < 4.78 is 11.2. The molecule has 6 nitrogen and oxygen atoms in total. The summed E-state index contributed by atoms with van der Waals surface area (Å²) in [6.07, 6.45) is 0.343. The number of carbonyl (C=O) groups is 2. The highest BCUT2D eigenvalue weighted by Gasteiger charge is 2.14. The molecule has 3 aromatic carbocycles. The fraction of sp³-hybridized carbons (Fsp3) is 0.200. The minimum absolute atomic E-state index is 0.104. The summed E-state index contributed by atoms with van der Waals surface area (Å²) in [6.45, 7) is 0.636. The van der Waals surface area contributed by atoms with E-state index in [0.29, 0.717) is 18.7 Å². The quantitative estimate of drug-likeness (QED) is 0.338. The van der Waals surface area contributed by atoms with Gasteiger partial charge in [0.15, 0.2) is 0 Å². The first-order valence-electron chi connectivity index (χ1n) is 10.3. The van der Waals surface area contributed by atoms with E-state index in [2.05, 4.69) is 21.2 Å². The van der Waals surface area contributed by atoms with Crippen LogP contribution in [0.2, 0.25) is 0 Å². The monoisotopic (exact) mass is 496 g/mol. The molecule has 0 saturated carbocycles. The molecule has 3 aromatic rings. The molecule has 0 bridgehead atoms. The summed E-state index contributed by atoms with van der Waals surface area (Å²) >= 11 is 3.40. The third kappa shape index (κ3) is 7.51. The second-order valence-corrected chi connectivity index (χ2v) is 8.07. The van der Waals surface area contributed by atoms with Crippen LogP contribution in [0.3, 0.4) is 0 Å². The molecule has 1 atom stereocenters. The van der Waals surface area contributed by atoms with E-state index in [1.165, 1.54) is 0 Å². The summed E-state index contributed by atoms with van der Waals surface area (Å²) in [5.74, 6) is 0.156. The molecule has 1 amide bonds. The van der Waals surface area contributed by atoms with Gasteiger partial charge in [-0.3, -0.25) is 4.79 Å². The van der Waals surface area contributed by atoms with Gasteiger partial charge < -0.3 is 20.5 Å². The first-order chi connectivity index (χ1) is 15.5. The van der Waals surface area contributed by atoms with Crippen LogP contribution in [0.4, 0.5) is 4.79 Å². The first-order valence-corrected chi connectivity index (χ1v) is 11.0. The van der Waals surface area contributed by atoms with Crippen molar-refractivity contribution in [1.29, 1.82) is 0 Å². The fourth-order valence-corrected chi connectivity index (χ4v) is 3.42.